The van der Waals surface area contributed by atoms with Gasteiger partial charge < -0.3 is 24.1 Å². The van der Waals surface area contributed by atoms with E-state index in [1.54, 1.807) is 6.92 Å². The van der Waals surface area contributed by atoms with Gasteiger partial charge in [-0.05, 0) is 0 Å². The number of Topliss-reactive ketones (excluding diaryl/α,β-unsaturated/α-hetero) is 1. The molecule has 0 aromatic heterocycles. The Kier molecular flexibility index (Phi) is 13.6. The lowest BCUT2D eigenvalue weighted by molar-refractivity contribution is -0.176. The third-order valence-corrected chi connectivity index (χ3v) is 4.11. The van der Waals surface area contributed by atoms with Gasteiger partial charge in [0.25, 0.3) is 0 Å². The Morgan fingerprint density at radius 2 is 1.25 bits per heavy atom. The summed E-state index contributed by atoms with van der Waals surface area (Å²) >= 11 is 0. The Balaban J connectivity index is 6.17. The highest BCUT2D eigenvalue weighted by molar-refractivity contribution is 5.83. The van der Waals surface area contributed by atoms with E-state index in [4.69, 9.17) is 18.9 Å². The van der Waals surface area contributed by atoms with Crippen molar-refractivity contribution in [3.05, 3.63) is 50.6 Å². The third-order valence-electron chi connectivity index (χ3n) is 4.11. The summed E-state index contributed by atoms with van der Waals surface area (Å²) in [6.45, 7) is 13.4. The highest BCUT2D eigenvalue weighted by Gasteiger charge is 2.41. The van der Waals surface area contributed by atoms with Crippen molar-refractivity contribution in [1.29, 1.82) is 0 Å². The predicted octanol–water partition coefficient (Wildman–Crippen LogP) is 0.987. The summed E-state index contributed by atoms with van der Waals surface area (Å²) in [5.41, 5.74) is 0. The summed E-state index contributed by atoms with van der Waals surface area (Å²) in [5.74, 6) is -5.10. The molecule has 0 aliphatic carbocycles. The molecule has 10 heteroatoms. The predicted molar refractivity (Wildman–Crippen MR) is 112 cm³/mol. The van der Waals surface area contributed by atoms with Gasteiger partial charge in [-0.15, -0.1) is 0 Å². The van der Waals surface area contributed by atoms with E-state index in [1.165, 1.54) is 0 Å². The molecule has 4 unspecified atom stereocenters. The number of aliphatic hydroxyl groups is 1. The van der Waals surface area contributed by atoms with E-state index in [0.717, 1.165) is 24.3 Å². The van der Waals surface area contributed by atoms with Crippen LogP contribution in [0.1, 0.15) is 19.8 Å². The topological polar surface area (TPSA) is 143 Å². The lowest BCUT2D eigenvalue weighted by atomic mass is 9.87. The van der Waals surface area contributed by atoms with Gasteiger partial charge in [-0.25, -0.2) is 19.2 Å². The molecule has 0 rings (SSSR count). The molecule has 0 aromatic rings. The molecular formula is C22H28O10. The number of esters is 4. The quantitative estimate of drug-likeness (QED) is 0.205. The van der Waals surface area contributed by atoms with E-state index >= 15 is 0 Å². The summed E-state index contributed by atoms with van der Waals surface area (Å²) in [6, 6.07) is 0. The summed E-state index contributed by atoms with van der Waals surface area (Å²) in [4.78, 5) is 58.9. The zero-order chi connectivity index (χ0) is 24.7. The molecule has 0 aliphatic heterocycles. The first-order valence-electron chi connectivity index (χ1n) is 9.57. The van der Waals surface area contributed by atoms with Crippen LogP contribution in [0.15, 0.2) is 50.6 Å². The first kappa shape index (κ1) is 28.5. The van der Waals surface area contributed by atoms with Crippen molar-refractivity contribution in [3.63, 3.8) is 0 Å². The van der Waals surface area contributed by atoms with E-state index < -0.39 is 61.3 Å². The number of hydrogen-bond donors (Lipinski definition) is 1. The van der Waals surface area contributed by atoms with Gasteiger partial charge in [-0.2, -0.15) is 0 Å². The van der Waals surface area contributed by atoms with Crippen LogP contribution in [0.5, 0.6) is 0 Å². The fourth-order valence-electron chi connectivity index (χ4n) is 2.49. The molecule has 0 saturated carbocycles. The largest absolute Gasteiger partial charge is 0.460 e. The molecule has 0 heterocycles. The fourth-order valence-corrected chi connectivity index (χ4v) is 2.49. The number of carbonyl (C=O) groups is 5. The van der Waals surface area contributed by atoms with Crippen LogP contribution in [0.25, 0.3) is 0 Å². The Morgan fingerprint density at radius 1 is 0.781 bits per heavy atom. The summed E-state index contributed by atoms with van der Waals surface area (Å²) in [5, 5.41) is 10.6. The van der Waals surface area contributed by atoms with Crippen molar-refractivity contribution in [2.45, 2.75) is 38.1 Å². The van der Waals surface area contributed by atoms with Crippen molar-refractivity contribution in [3.8, 4) is 0 Å². The second kappa shape index (κ2) is 15.3. The minimum absolute atomic E-state index is 0.0781. The molecule has 0 fully saturated rings. The van der Waals surface area contributed by atoms with Crippen LogP contribution in [-0.4, -0.2) is 66.3 Å². The van der Waals surface area contributed by atoms with Crippen LogP contribution in [0, 0.1) is 5.92 Å². The smallest absolute Gasteiger partial charge is 0.330 e. The highest BCUT2D eigenvalue weighted by Crippen LogP contribution is 2.25. The second-order valence-electron chi connectivity index (χ2n) is 6.28. The number of aliphatic hydroxyl groups excluding tert-OH is 1. The maximum absolute atomic E-state index is 12.2. The molecular weight excluding hydrogens is 424 g/mol. The Hall–Kier alpha value is -3.53. The number of ether oxygens (including phenoxy) is 4. The molecule has 0 bridgehead atoms. The molecule has 0 saturated heterocycles. The molecule has 10 nitrogen and oxygen atoms in total. The van der Waals surface area contributed by atoms with Crippen LogP contribution in [0.2, 0.25) is 0 Å². The normalized spacial score (nSPS) is 13.8. The van der Waals surface area contributed by atoms with Crippen molar-refractivity contribution in [1.82, 2.24) is 0 Å². The van der Waals surface area contributed by atoms with Crippen LogP contribution in [0.3, 0.4) is 0 Å². The minimum atomic E-state index is -1.64. The van der Waals surface area contributed by atoms with Gasteiger partial charge >= 0.3 is 23.9 Å². The molecule has 1 N–H and O–H groups in total. The maximum atomic E-state index is 12.2. The molecule has 0 radical (unpaired) electrons. The van der Waals surface area contributed by atoms with E-state index in [2.05, 4.69) is 26.3 Å². The van der Waals surface area contributed by atoms with E-state index in [1.807, 2.05) is 0 Å². The SMILES string of the molecule is C=CC(=O)OCC(O)C(OC(=O)C=C)C(CC(=O)CC)C(COC(=O)C=C)OC(=O)C=C. The number of rotatable bonds is 16. The fraction of sp³-hybridized carbons (Fsp3) is 0.409. The maximum Gasteiger partial charge on any atom is 0.330 e. The first-order chi connectivity index (χ1) is 15.1. The lowest BCUT2D eigenvalue weighted by Gasteiger charge is -2.34. The van der Waals surface area contributed by atoms with Gasteiger partial charge in [0, 0.05) is 43.1 Å². The van der Waals surface area contributed by atoms with Gasteiger partial charge in [0.05, 0.1) is 0 Å². The zero-order valence-corrected chi connectivity index (χ0v) is 17.9. The monoisotopic (exact) mass is 452 g/mol. The van der Waals surface area contributed by atoms with Gasteiger partial charge in [0.15, 0.2) is 0 Å². The number of ketones is 1. The van der Waals surface area contributed by atoms with Crippen molar-refractivity contribution in [2.24, 2.45) is 5.92 Å². The molecule has 0 aromatic carbocycles. The van der Waals surface area contributed by atoms with Gasteiger partial charge in [-0.1, -0.05) is 33.2 Å². The van der Waals surface area contributed by atoms with Gasteiger partial charge in [-0.3, -0.25) is 4.79 Å². The van der Waals surface area contributed by atoms with E-state index in [0.29, 0.717) is 0 Å². The second-order valence-corrected chi connectivity index (χ2v) is 6.28. The van der Waals surface area contributed by atoms with Gasteiger partial charge in [0.1, 0.15) is 37.3 Å². The molecule has 176 valence electrons. The van der Waals surface area contributed by atoms with E-state index in [9.17, 15) is 29.1 Å². The lowest BCUT2D eigenvalue weighted by Crippen LogP contribution is -2.48. The summed E-state index contributed by atoms with van der Waals surface area (Å²) in [6.07, 6.45) is -1.36. The Labute approximate surface area is 186 Å². The molecule has 0 spiro atoms. The summed E-state index contributed by atoms with van der Waals surface area (Å²) < 4.78 is 20.2. The summed E-state index contributed by atoms with van der Waals surface area (Å²) in [7, 11) is 0. The molecule has 4 atom stereocenters. The zero-order valence-electron chi connectivity index (χ0n) is 17.9. The van der Waals surface area contributed by atoms with Crippen molar-refractivity contribution >= 4 is 29.7 Å². The molecule has 0 aliphatic rings. The van der Waals surface area contributed by atoms with Crippen molar-refractivity contribution in [2.75, 3.05) is 13.2 Å². The van der Waals surface area contributed by atoms with Crippen LogP contribution >= 0.6 is 0 Å². The van der Waals surface area contributed by atoms with E-state index in [-0.39, 0.29) is 18.6 Å². The standard InChI is InChI=1S/C22H28O10/c1-6-14(23)11-15(17(31-20(27)9-4)13-30-19(26)8-3)22(32-21(28)10-5)16(24)12-29-18(25)7-2/h7-10,15-17,22,24H,2-6,11-13H2,1H3. The average Bonchev–Trinajstić information content (AvgIpc) is 2.80. The Morgan fingerprint density at radius 3 is 1.72 bits per heavy atom. The highest BCUT2D eigenvalue weighted by atomic mass is 16.6. The first-order valence-corrected chi connectivity index (χ1v) is 9.57. The van der Waals surface area contributed by atoms with Crippen LogP contribution in [0.4, 0.5) is 0 Å². The molecule has 32 heavy (non-hydrogen) atoms. The van der Waals surface area contributed by atoms with Crippen LogP contribution < -0.4 is 0 Å². The average molecular weight is 452 g/mol. The van der Waals surface area contributed by atoms with Gasteiger partial charge in [0.2, 0.25) is 0 Å². The Bertz CT molecular complexity index is 739. The van der Waals surface area contributed by atoms with Crippen molar-refractivity contribution < 1.29 is 48.0 Å². The third kappa shape index (κ3) is 10.5. The number of carbonyl (C=O) groups excluding carboxylic acids is 5. The number of hydrogen-bond acceptors (Lipinski definition) is 10. The molecule has 0 amide bonds. The minimum Gasteiger partial charge on any atom is -0.460 e. The van der Waals surface area contributed by atoms with Crippen LogP contribution in [-0.2, 0) is 42.9 Å².